The van der Waals surface area contributed by atoms with Crippen molar-refractivity contribution >= 4 is 5.97 Å². The molecule has 2 heterocycles. The average molecular weight is 272 g/mol. The molecule has 0 bridgehead atoms. The fourth-order valence-electron chi connectivity index (χ4n) is 2.10. The lowest BCUT2D eigenvalue weighted by Crippen LogP contribution is -2.23. The van der Waals surface area contributed by atoms with E-state index in [4.69, 9.17) is 4.74 Å². The van der Waals surface area contributed by atoms with Crippen molar-refractivity contribution in [1.82, 2.24) is 9.78 Å². The molecule has 20 heavy (non-hydrogen) atoms. The molecule has 0 fully saturated rings. The minimum atomic E-state index is -0.580. The molecular weight excluding hydrogens is 260 g/mol. The first-order valence-corrected chi connectivity index (χ1v) is 6.07. The van der Waals surface area contributed by atoms with Crippen molar-refractivity contribution in [3.63, 3.8) is 0 Å². The van der Waals surface area contributed by atoms with E-state index < -0.39 is 5.97 Å². The van der Waals surface area contributed by atoms with Gasteiger partial charge in [0.2, 0.25) is 0 Å². The Balaban J connectivity index is 2.09. The van der Waals surface area contributed by atoms with Gasteiger partial charge in [0.15, 0.2) is 5.69 Å². The molecular formula is C14H12N2O4. The van der Waals surface area contributed by atoms with Gasteiger partial charge in [0.05, 0.1) is 26.0 Å². The van der Waals surface area contributed by atoms with Gasteiger partial charge in [-0.05, 0) is 29.3 Å². The normalized spacial score (nSPS) is 13.1. The number of esters is 1. The largest absolute Gasteiger partial charge is 0.464 e. The summed E-state index contributed by atoms with van der Waals surface area (Å²) in [6.45, 7) is 1.11. The number of carbonyl (C=O) groups excluding carboxylic acids is 1. The molecule has 1 aliphatic rings. The maximum Gasteiger partial charge on any atom is 0.358 e. The summed E-state index contributed by atoms with van der Waals surface area (Å²) in [7, 11) is 1.27. The molecule has 1 aliphatic heterocycles. The van der Waals surface area contributed by atoms with Gasteiger partial charge in [-0.3, -0.25) is 4.79 Å². The molecule has 1 aromatic carbocycles. The summed E-state index contributed by atoms with van der Waals surface area (Å²) >= 11 is 0. The van der Waals surface area contributed by atoms with Gasteiger partial charge in [0.25, 0.3) is 5.56 Å². The number of carbonyl (C=O) groups is 1. The van der Waals surface area contributed by atoms with Crippen LogP contribution in [0.5, 0.6) is 0 Å². The molecule has 102 valence electrons. The minimum Gasteiger partial charge on any atom is -0.464 e. The molecule has 0 N–H and O–H groups in total. The zero-order chi connectivity index (χ0) is 14.1. The molecule has 0 saturated carbocycles. The highest BCUT2D eigenvalue weighted by molar-refractivity contribution is 5.86. The third-order valence-electron chi connectivity index (χ3n) is 3.14. The van der Waals surface area contributed by atoms with Crippen LogP contribution in [0.2, 0.25) is 0 Å². The van der Waals surface area contributed by atoms with Gasteiger partial charge < -0.3 is 9.47 Å². The van der Waals surface area contributed by atoms with Crippen molar-refractivity contribution in [3.8, 4) is 5.69 Å². The summed E-state index contributed by atoms with van der Waals surface area (Å²) in [6.07, 6.45) is 0. The quantitative estimate of drug-likeness (QED) is 0.764. The SMILES string of the molecule is COC(=O)c1ccc(=O)n(-c2ccc3c(c2)COC3)n1. The van der Waals surface area contributed by atoms with Gasteiger partial charge in [0, 0.05) is 6.07 Å². The first-order chi connectivity index (χ1) is 9.69. The van der Waals surface area contributed by atoms with E-state index >= 15 is 0 Å². The van der Waals surface area contributed by atoms with Crippen molar-refractivity contribution in [2.24, 2.45) is 0 Å². The molecule has 0 atom stereocenters. The zero-order valence-electron chi connectivity index (χ0n) is 10.8. The van der Waals surface area contributed by atoms with Crippen molar-refractivity contribution < 1.29 is 14.3 Å². The Kier molecular flexibility index (Phi) is 3.08. The number of hydrogen-bond acceptors (Lipinski definition) is 5. The number of nitrogens with zero attached hydrogens (tertiary/aromatic N) is 2. The van der Waals surface area contributed by atoms with Crippen molar-refractivity contribution in [3.05, 3.63) is 57.5 Å². The standard InChI is InChI=1S/C14H12N2O4/c1-19-14(18)12-4-5-13(17)16(15-12)11-3-2-9-7-20-8-10(9)6-11/h2-6H,7-8H2,1H3. The van der Waals surface area contributed by atoms with Gasteiger partial charge in [-0.1, -0.05) is 6.07 Å². The summed E-state index contributed by atoms with van der Waals surface area (Å²) in [5.41, 5.74) is 2.51. The Labute approximate surface area is 114 Å². The Morgan fingerprint density at radius 1 is 1.25 bits per heavy atom. The molecule has 0 aliphatic carbocycles. The van der Waals surface area contributed by atoms with Crippen LogP contribution in [0.25, 0.3) is 5.69 Å². The van der Waals surface area contributed by atoms with Crippen LogP contribution < -0.4 is 5.56 Å². The summed E-state index contributed by atoms with van der Waals surface area (Å²) in [5.74, 6) is -0.580. The highest BCUT2D eigenvalue weighted by atomic mass is 16.5. The maximum atomic E-state index is 11.9. The lowest BCUT2D eigenvalue weighted by atomic mass is 10.1. The van der Waals surface area contributed by atoms with E-state index in [-0.39, 0.29) is 11.3 Å². The maximum absolute atomic E-state index is 11.9. The van der Waals surface area contributed by atoms with Crippen LogP contribution in [0, 0.1) is 0 Å². The van der Waals surface area contributed by atoms with Gasteiger partial charge >= 0.3 is 5.97 Å². The van der Waals surface area contributed by atoms with E-state index in [0.29, 0.717) is 18.9 Å². The van der Waals surface area contributed by atoms with E-state index in [0.717, 1.165) is 11.1 Å². The van der Waals surface area contributed by atoms with E-state index in [1.807, 2.05) is 12.1 Å². The van der Waals surface area contributed by atoms with Crippen LogP contribution in [-0.2, 0) is 22.7 Å². The number of benzene rings is 1. The predicted molar refractivity (Wildman–Crippen MR) is 69.7 cm³/mol. The van der Waals surface area contributed by atoms with Crippen molar-refractivity contribution in [1.29, 1.82) is 0 Å². The Morgan fingerprint density at radius 2 is 2.05 bits per heavy atom. The number of methoxy groups -OCH3 is 1. The first kappa shape index (κ1) is 12.6. The van der Waals surface area contributed by atoms with E-state index in [9.17, 15) is 9.59 Å². The summed E-state index contributed by atoms with van der Waals surface area (Å²) in [6, 6.07) is 8.17. The number of rotatable bonds is 2. The number of hydrogen-bond donors (Lipinski definition) is 0. The second kappa shape index (κ2) is 4.90. The molecule has 0 radical (unpaired) electrons. The van der Waals surface area contributed by atoms with Crippen LogP contribution in [-0.4, -0.2) is 22.9 Å². The van der Waals surface area contributed by atoms with Crippen LogP contribution in [0.3, 0.4) is 0 Å². The number of fused-ring (bicyclic) bond motifs is 1. The molecule has 3 rings (SSSR count). The molecule has 0 spiro atoms. The first-order valence-electron chi connectivity index (χ1n) is 6.07. The number of ether oxygens (including phenoxy) is 2. The Morgan fingerprint density at radius 3 is 2.85 bits per heavy atom. The fourth-order valence-corrected chi connectivity index (χ4v) is 2.10. The average Bonchev–Trinajstić information content (AvgIpc) is 2.94. The Hall–Kier alpha value is -2.47. The summed E-state index contributed by atoms with van der Waals surface area (Å²) < 4.78 is 11.1. The second-order valence-corrected chi connectivity index (χ2v) is 4.41. The minimum absolute atomic E-state index is 0.0869. The molecule has 6 nitrogen and oxygen atoms in total. The monoisotopic (exact) mass is 272 g/mol. The van der Waals surface area contributed by atoms with Crippen molar-refractivity contribution in [2.75, 3.05) is 7.11 Å². The zero-order valence-corrected chi connectivity index (χ0v) is 10.8. The third-order valence-corrected chi connectivity index (χ3v) is 3.14. The molecule has 0 unspecified atom stereocenters. The summed E-state index contributed by atoms with van der Waals surface area (Å²) in [5, 5.41) is 4.03. The molecule has 0 amide bonds. The molecule has 1 aromatic heterocycles. The van der Waals surface area contributed by atoms with Crippen molar-refractivity contribution in [2.45, 2.75) is 13.2 Å². The smallest absolute Gasteiger partial charge is 0.358 e. The lowest BCUT2D eigenvalue weighted by molar-refractivity contribution is 0.0591. The van der Waals surface area contributed by atoms with Gasteiger partial charge in [-0.25, -0.2) is 4.79 Å². The van der Waals surface area contributed by atoms with Gasteiger partial charge in [-0.15, -0.1) is 0 Å². The van der Waals surface area contributed by atoms with Crippen LogP contribution >= 0.6 is 0 Å². The molecule has 2 aromatic rings. The van der Waals surface area contributed by atoms with Crippen LogP contribution in [0.1, 0.15) is 21.6 Å². The fraction of sp³-hybridized carbons (Fsp3) is 0.214. The lowest BCUT2D eigenvalue weighted by Gasteiger charge is -2.07. The predicted octanol–water partition coefficient (Wildman–Crippen LogP) is 1.05. The van der Waals surface area contributed by atoms with E-state index in [1.165, 1.54) is 23.9 Å². The number of aromatic nitrogens is 2. The second-order valence-electron chi connectivity index (χ2n) is 4.41. The molecule has 6 heteroatoms. The van der Waals surface area contributed by atoms with Gasteiger partial charge in [-0.2, -0.15) is 9.78 Å². The molecule has 0 saturated heterocycles. The van der Waals surface area contributed by atoms with E-state index in [2.05, 4.69) is 9.84 Å². The van der Waals surface area contributed by atoms with Gasteiger partial charge in [0.1, 0.15) is 0 Å². The van der Waals surface area contributed by atoms with E-state index in [1.54, 1.807) is 6.07 Å². The topological polar surface area (TPSA) is 70.4 Å². The highest BCUT2D eigenvalue weighted by Gasteiger charge is 2.14. The highest BCUT2D eigenvalue weighted by Crippen LogP contribution is 2.21. The third kappa shape index (κ3) is 2.10. The van der Waals surface area contributed by atoms with Crippen LogP contribution in [0.15, 0.2) is 35.1 Å². The van der Waals surface area contributed by atoms with Crippen LogP contribution in [0.4, 0.5) is 0 Å². The summed E-state index contributed by atoms with van der Waals surface area (Å²) in [4.78, 5) is 23.4. The Bertz CT molecular complexity index is 736.